The molecule has 3 aromatic rings. The Hall–Kier alpha value is -2.47. The summed E-state index contributed by atoms with van der Waals surface area (Å²) in [5.74, 6) is -0.702. The molecule has 2 aromatic carbocycles. The van der Waals surface area contributed by atoms with Crippen LogP contribution in [-0.2, 0) is 11.3 Å². The van der Waals surface area contributed by atoms with E-state index in [1.165, 1.54) is 24.3 Å². The molecule has 142 valence electrons. The maximum absolute atomic E-state index is 13.7. The van der Waals surface area contributed by atoms with Crippen molar-refractivity contribution in [2.75, 3.05) is 6.54 Å². The summed E-state index contributed by atoms with van der Waals surface area (Å²) in [6.07, 6.45) is 1.46. The summed E-state index contributed by atoms with van der Waals surface area (Å²) in [7, 11) is 0. The zero-order chi connectivity index (χ0) is 19.1. The molecule has 1 aliphatic rings. The molecule has 0 bridgehead atoms. The number of hydrogen-bond acceptors (Lipinski definition) is 2. The Labute approximate surface area is 156 Å². The predicted octanol–water partition coefficient (Wildman–Crippen LogP) is 3.83. The monoisotopic (exact) mass is 372 g/mol. The molecule has 1 amide bonds. The molecule has 4 nitrogen and oxygen atoms in total. The lowest BCUT2D eigenvalue weighted by molar-refractivity contribution is -0.130. The SMILES string of the molecule is CCC1CCC(=O)N1CC(O)Cn1c2ccc(F)cc2c2cc(F)ccc21. The average molecular weight is 372 g/mol. The third-order valence-electron chi connectivity index (χ3n) is 5.51. The maximum Gasteiger partial charge on any atom is 0.222 e. The molecule has 0 radical (unpaired) electrons. The number of β-amino-alcohol motifs (C(OH)–C–C–N with tert-alkyl or cyclic N) is 1. The van der Waals surface area contributed by atoms with Crippen molar-refractivity contribution < 1.29 is 18.7 Å². The first-order valence-corrected chi connectivity index (χ1v) is 9.32. The van der Waals surface area contributed by atoms with Crippen LogP contribution in [0.25, 0.3) is 21.8 Å². The molecule has 2 unspecified atom stereocenters. The van der Waals surface area contributed by atoms with Crippen molar-refractivity contribution >= 4 is 27.7 Å². The molecule has 0 aliphatic carbocycles. The number of aliphatic hydroxyl groups excluding tert-OH is 1. The van der Waals surface area contributed by atoms with E-state index in [9.17, 15) is 18.7 Å². The molecule has 27 heavy (non-hydrogen) atoms. The first-order chi connectivity index (χ1) is 13.0. The number of aromatic nitrogens is 1. The van der Waals surface area contributed by atoms with E-state index >= 15 is 0 Å². The molecule has 2 atom stereocenters. The van der Waals surface area contributed by atoms with E-state index in [0.29, 0.717) is 17.2 Å². The number of fused-ring (bicyclic) bond motifs is 3. The van der Waals surface area contributed by atoms with Gasteiger partial charge in [0.1, 0.15) is 11.6 Å². The number of benzene rings is 2. The predicted molar refractivity (Wildman–Crippen MR) is 100 cm³/mol. The number of carbonyl (C=O) groups excluding carboxylic acids is 1. The number of rotatable bonds is 5. The Morgan fingerprint density at radius 2 is 1.67 bits per heavy atom. The van der Waals surface area contributed by atoms with Gasteiger partial charge in [-0.15, -0.1) is 0 Å². The number of halogens is 2. The van der Waals surface area contributed by atoms with Crippen LogP contribution in [0.15, 0.2) is 36.4 Å². The van der Waals surface area contributed by atoms with Gasteiger partial charge in [0.05, 0.1) is 12.6 Å². The zero-order valence-corrected chi connectivity index (χ0v) is 15.2. The largest absolute Gasteiger partial charge is 0.389 e. The van der Waals surface area contributed by atoms with Crippen molar-refractivity contribution in [3.05, 3.63) is 48.0 Å². The molecular formula is C21H22F2N2O2. The van der Waals surface area contributed by atoms with Gasteiger partial charge in [-0.25, -0.2) is 8.78 Å². The first-order valence-electron chi connectivity index (χ1n) is 9.32. The van der Waals surface area contributed by atoms with Crippen molar-refractivity contribution in [3.63, 3.8) is 0 Å². The highest BCUT2D eigenvalue weighted by Crippen LogP contribution is 2.31. The average Bonchev–Trinajstić information content (AvgIpc) is 3.13. The lowest BCUT2D eigenvalue weighted by Gasteiger charge is -2.27. The third-order valence-corrected chi connectivity index (χ3v) is 5.51. The Kier molecular flexibility index (Phi) is 4.60. The highest BCUT2D eigenvalue weighted by molar-refractivity contribution is 6.08. The van der Waals surface area contributed by atoms with Crippen LogP contribution in [0.2, 0.25) is 0 Å². The van der Waals surface area contributed by atoms with Gasteiger partial charge in [-0.1, -0.05) is 6.92 Å². The zero-order valence-electron chi connectivity index (χ0n) is 15.2. The summed E-state index contributed by atoms with van der Waals surface area (Å²) in [6, 6.07) is 8.95. The molecule has 6 heteroatoms. The number of hydrogen-bond donors (Lipinski definition) is 1. The molecule has 1 fully saturated rings. The van der Waals surface area contributed by atoms with Gasteiger partial charge >= 0.3 is 0 Å². The van der Waals surface area contributed by atoms with E-state index < -0.39 is 6.10 Å². The van der Waals surface area contributed by atoms with Gasteiger partial charge in [0.2, 0.25) is 5.91 Å². The Morgan fingerprint density at radius 1 is 1.07 bits per heavy atom. The van der Waals surface area contributed by atoms with Gasteiger partial charge < -0.3 is 14.6 Å². The molecular weight excluding hydrogens is 350 g/mol. The van der Waals surface area contributed by atoms with Crippen molar-refractivity contribution in [3.8, 4) is 0 Å². The van der Waals surface area contributed by atoms with E-state index in [2.05, 4.69) is 0 Å². The minimum atomic E-state index is -0.769. The Morgan fingerprint density at radius 3 is 2.22 bits per heavy atom. The lowest BCUT2D eigenvalue weighted by Crippen LogP contribution is -2.40. The van der Waals surface area contributed by atoms with Crippen LogP contribution in [0.4, 0.5) is 8.78 Å². The first kappa shape index (κ1) is 17.9. The molecule has 1 aliphatic heterocycles. The van der Waals surface area contributed by atoms with Gasteiger partial charge in [0.15, 0.2) is 0 Å². The fourth-order valence-corrected chi connectivity index (χ4v) is 4.21. The topological polar surface area (TPSA) is 45.5 Å². The fourth-order valence-electron chi connectivity index (χ4n) is 4.21. The van der Waals surface area contributed by atoms with E-state index in [4.69, 9.17) is 0 Å². The van der Waals surface area contributed by atoms with Crippen LogP contribution < -0.4 is 0 Å². The minimum absolute atomic E-state index is 0.0762. The quantitative estimate of drug-likeness (QED) is 0.740. The Balaban J connectivity index is 1.69. The fraction of sp³-hybridized carbons (Fsp3) is 0.381. The van der Waals surface area contributed by atoms with Crippen molar-refractivity contribution in [1.29, 1.82) is 0 Å². The molecule has 0 spiro atoms. The molecule has 4 rings (SSSR count). The third kappa shape index (κ3) is 3.18. The number of amides is 1. The maximum atomic E-state index is 13.7. The summed E-state index contributed by atoms with van der Waals surface area (Å²) >= 11 is 0. The van der Waals surface area contributed by atoms with Crippen LogP contribution >= 0.6 is 0 Å². The molecule has 0 saturated carbocycles. The van der Waals surface area contributed by atoms with Crippen molar-refractivity contribution in [2.24, 2.45) is 0 Å². The second-order valence-electron chi connectivity index (χ2n) is 7.23. The van der Waals surface area contributed by atoms with E-state index in [-0.39, 0.29) is 36.7 Å². The van der Waals surface area contributed by atoms with Gasteiger partial charge in [0.25, 0.3) is 0 Å². The second-order valence-corrected chi connectivity index (χ2v) is 7.23. The highest BCUT2D eigenvalue weighted by atomic mass is 19.1. The van der Waals surface area contributed by atoms with Gasteiger partial charge in [-0.2, -0.15) is 0 Å². The second kappa shape index (κ2) is 6.93. The summed E-state index contributed by atoms with van der Waals surface area (Å²) in [6.45, 7) is 2.55. The smallest absolute Gasteiger partial charge is 0.222 e. The molecule has 2 heterocycles. The molecule has 1 N–H and O–H groups in total. The van der Waals surface area contributed by atoms with Gasteiger partial charge in [-0.3, -0.25) is 4.79 Å². The molecule has 1 aromatic heterocycles. The van der Waals surface area contributed by atoms with E-state index in [1.54, 1.807) is 17.0 Å². The number of carbonyl (C=O) groups is 1. The highest BCUT2D eigenvalue weighted by Gasteiger charge is 2.31. The minimum Gasteiger partial charge on any atom is -0.389 e. The van der Waals surface area contributed by atoms with E-state index in [0.717, 1.165) is 23.9 Å². The lowest BCUT2D eigenvalue weighted by atomic mass is 10.1. The van der Waals surface area contributed by atoms with Crippen molar-refractivity contribution in [2.45, 2.75) is 44.9 Å². The number of nitrogens with zero attached hydrogens (tertiary/aromatic N) is 2. The summed E-state index contributed by atoms with van der Waals surface area (Å²) in [5, 5.41) is 11.9. The van der Waals surface area contributed by atoms with Crippen molar-refractivity contribution in [1.82, 2.24) is 9.47 Å². The molecule has 1 saturated heterocycles. The van der Waals surface area contributed by atoms with Crippen LogP contribution in [-0.4, -0.2) is 39.2 Å². The van der Waals surface area contributed by atoms with Crippen LogP contribution in [0.5, 0.6) is 0 Å². The standard InChI is InChI=1S/C21H22F2N2O2/c1-2-15-5-8-21(27)24(15)11-16(26)12-25-19-6-3-13(22)9-17(19)18-10-14(23)4-7-20(18)25/h3-4,6-7,9-10,15-16,26H,2,5,8,11-12H2,1H3. The summed E-state index contributed by atoms with van der Waals surface area (Å²) in [5.41, 5.74) is 1.46. The number of aliphatic hydroxyl groups is 1. The summed E-state index contributed by atoms with van der Waals surface area (Å²) < 4.78 is 29.3. The van der Waals surface area contributed by atoms with Crippen LogP contribution in [0.1, 0.15) is 26.2 Å². The van der Waals surface area contributed by atoms with E-state index in [1.807, 2.05) is 11.5 Å². The van der Waals surface area contributed by atoms with Gasteiger partial charge in [-0.05, 0) is 49.2 Å². The van der Waals surface area contributed by atoms with Gasteiger partial charge in [0, 0.05) is 40.8 Å². The normalized spacial score (nSPS) is 18.7. The van der Waals surface area contributed by atoms with Crippen LogP contribution in [0.3, 0.4) is 0 Å². The summed E-state index contributed by atoms with van der Waals surface area (Å²) in [4.78, 5) is 13.9. The number of likely N-dealkylation sites (tertiary alicyclic amines) is 1. The Bertz CT molecular complexity index is 955. The van der Waals surface area contributed by atoms with Crippen LogP contribution in [0, 0.1) is 11.6 Å².